The number of hydrogen-bond acceptors (Lipinski definition) is 3. The summed E-state index contributed by atoms with van der Waals surface area (Å²) in [6.45, 7) is 1.86. The molecule has 2 atom stereocenters. The lowest BCUT2D eigenvalue weighted by Crippen LogP contribution is -2.60. The third-order valence-electron chi connectivity index (χ3n) is 4.07. The van der Waals surface area contributed by atoms with Crippen molar-refractivity contribution in [3.8, 4) is 0 Å². The summed E-state index contributed by atoms with van der Waals surface area (Å²) in [4.78, 5) is 28.0. The minimum Gasteiger partial charge on any atom is -0.479 e. The molecule has 2 rings (SSSR count). The number of carbonyl (C=O) groups is 2. The number of rotatable bonds is 3. The van der Waals surface area contributed by atoms with Gasteiger partial charge in [0.05, 0.1) is 5.56 Å². The molecular formula is C14H16BrClN2O3. The molecule has 0 saturated heterocycles. The van der Waals surface area contributed by atoms with E-state index in [0.717, 1.165) is 19.3 Å². The summed E-state index contributed by atoms with van der Waals surface area (Å²) in [7, 11) is 0. The largest absolute Gasteiger partial charge is 0.479 e. The number of halogens is 2. The normalized spacial score (nSPS) is 25.4. The molecular weight excluding hydrogens is 360 g/mol. The Labute approximate surface area is 136 Å². The van der Waals surface area contributed by atoms with Gasteiger partial charge < -0.3 is 10.4 Å². The molecule has 5 nitrogen and oxygen atoms in total. The molecule has 1 heterocycles. The van der Waals surface area contributed by atoms with Crippen LogP contribution >= 0.6 is 27.5 Å². The SMILES string of the molecule is CC1CCCCC1(NC(=O)c1cc(Br)cnc1Cl)C(=O)O. The van der Waals surface area contributed by atoms with Crippen LogP contribution in [0.1, 0.15) is 43.0 Å². The van der Waals surface area contributed by atoms with E-state index in [9.17, 15) is 14.7 Å². The van der Waals surface area contributed by atoms with Crippen LogP contribution < -0.4 is 5.32 Å². The number of amides is 1. The third kappa shape index (κ3) is 3.21. The summed E-state index contributed by atoms with van der Waals surface area (Å²) >= 11 is 9.16. The van der Waals surface area contributed by atoms with Gasteiger partial charge in [0.15, 0.2) is 0 Å². The number of pyridine rings is 1. The van der Waals surface area contributed by atoms with Gasteiger partial charge in [0, 0.05) is 10.7 Å². The van der Waals surface area contributed by atoms with Crippen LogP contribution in [0.25, 0.3) is 0 Å². The van der Waals surface area contributed by atoms with Gasteiger partial charge in [-0.15, -0.1) is 0 Å². The fourth-order valence-electron chi connectivity index (χ4n) is 2.76. The van der Waals surface area contributed by atoms with E-state index in [0.29, 0.717) is 10.9 Å². The predicted octanol–water partition coefficient (Wildman–Crippen LogP) is 3.26. The van der Waals surface area contributed by atoms with Crippen molar-refractivity contribution in [1.82, 2.24) is 10.3 Å². The molecule has 2 N–H and O–H groups in total. The molecule has 1 fully saturated rings. The van der Waals surface area contributed by atoms with Crippen molar-refractivity contribution in [3.05, 3.63) is 27.5 Å². The third-order valence-corrected chi connectivity index (χ3v) is 4.80. The topological polar surface area (TPSA) is 79.3 Å². The van der Waals surface area contributed by atoms with Crippen LogP contribution in [-0.2, 0) is 4.79 Å². The van der Waals surface area contributed by atoms with Gasteiger partial charge in [-0.25, -0.2) is 9.78 Å². The maximum atomic E-state index is 12.4. The Morgan fingerprint density at radius 1 is 1.52 bits per heavy atom. The van der Waals surface area contributed by atoms with E-state index in [1.807, 2.05) is 6.92 Å². The second kappa shape index (κ2) is 6.32. The van der Waals surface area contributed by atoms with E-state index in [2.05, 4.69) is 26.2 Å². The lowest BCUT2D eigenvalue weighted by atomic mass is 9.73. The number of aliphatic carboxylic acids is 1. The smallest absolute Gasteiger partial charge is 0.329 e. The molecule has 1 aliphatic carbocycles. The minimum atomic E-state index is -1.24. The van der Waals surface area contributed by atoms with E-state index in [1.165, 1.54) is 12.3 Å². The molecule has 0 spiro atoms. The zero-order chi connectivity index (χ0) is 15.6. The molecule has 21 heavy (non-hydrogen) atoms. The quantitative estimate of drug-likeness (QED) is 0.795. The lowest BCUT2D eigenvalue weighted by Gasteiger charge is -2.39. The summed E-state index contributed by atoms with van der Waals surface area (Å²) in [6, 6.07) is 1.54. The van der Waals surface area contributed by atoms with Gasteiger partial charge in [0.1, 0.15) is 10.7 Å². The Balaban J connectivity index is 2.31. The van der Waals surface area contributed by atoms with E-state index in [1.54, 1.807) is 0 Å². The van der Waals surface area contributed by atoms with Gasteiger partial charge in [-0.05, 0) is 40.8 Å². The standard InChI is InChI=1S/C14H16BrClN2O3/c1-8-4-2-3-5-14(8,13(20)21)18-12(19)10-6-9(15)7-17-11(10)16/h6-8H,2-5H2,1H3,(H,18,19)(H,20,21). The van der Waals surface area contributed by atoms with E-state index in [-0.39, 0.29) is 16.6 Å². The van der Waals surface area contributed by atoms with Gasteiger partial charge >= 0.3 is 5.97 Å². The zero-order valence-corrected chi connectivity index (χ0v) is 13.9. The highest BCUT2D eigenvalue weighted by Crippen LogP contribution is 2.34. The molecule has 0 bridgehead atoms. The Kier molecular flexibility index (Phi) is 4.88. The molecule has 0 aromatic carbocycles. The molecule has 1 saturated carbocycles. The predicted molar refractivity (Wildman–Crippen MR) is 82.4 cm³/mol. The Hall–Kier alpha value is -1.14. The highest BCUT2D eigenvalue weighted by atomic mass is 79.9. The van der Waals surface area contributed by atoms with Gasteiger partial charge in [-0.3, -0.25) is 4.79 Å². The van der Waals surface area contributed by atoms with Crippen LogP contribution in [0.4, 0.5) is 0 Å². The van der Waals surface area contributed by atoms with Crippen molar-refractivity contribution >= 4 is 39.4 Å². The lowest BCUT2D eigenvalue weighted by molar-refractivity contribution is -0.148. The first kappa shape index (κ1) is 16.2. The van der Waals surface area contributed by atoms with Gasteiger partial charge in [0.2, 0.25) is 0 Å². The van der Waals surface area contributed by atoms with Crippen molar-refractivity contribution in [2.24, 2.45) is 5.92 Å². The van der Waals surface area contributed by atoms with Gasteiger partial charge in [-0.2, -0.15) is 0 Å². The maximum Gasteiger partial charge on any atom is 0.329 e. The van der Waals surface area contributed by atoms with Crippen LogP contribution in [0.15, 0.2) is 16.7 Å². The number of hydrogen-bond donors (Lipinski definition) is 2. The summed E-state index contributed by atoms with van der Waals surface area (Å²) < 4.78 is 0.609. The average molecular weight is 376 g/mol. The number of carboxylic acid groups (broad SMARTS) is 1. The van der Waals surface area contributed by atoms with Crippen LogP contribution in [0.2, 0.25) is 5.15 Å². The van der Waals surface area contributed by atoms with Crippen molar-refractivity contribution in [1.29, 1.82) is 0 Å². The van der Waals surface area contributed by atoms with Crippen LogP contribution in [0.5, 0.6) is 0 Å². The summed E-state index contributed by atoms with van der Waals surface area (Å²) in [5.41, 5.74) is -1.06. The summed E-state index contributed by atoms with van der Waals surface area (Å²) in [6.07, 6.45) is 4.44. The van der Waals surface area contributed by atoms with Crippen molar-refractivity contribution in [2.75, 3.05) is 0 Å². The number of nitrogens with zero attached hydrogens (tertiary/aromatic N) is 1. The number of nitrogens with one attached hydrogen (secondary N) is 1. The van der Waals surface area contributed by atoms with Crippen LogP contribution in [0, 0.1) is 5.92 Å². The monoisotopic (exact) mass is 374 g/mol. The van der Waals surface area contributed by atoms with Crippen molar-refractivity contribution in [2.45, 2.75) is 38.1 Å². The molecule has 1 aliphatic rings. The Morgan fingerprint density at radius 3 is 2.86 bits per heavy atom. The molecule has 114 valence electrons. The first-order chi connectivity index (χ1) is 9.86. The fourth-order valence-corrected chi connectivity index (χ4v) is 3.28. The van der Waals surface area contributed by atoms with E-state index in [4.69, 9.17) is 11.6 Å². The van der Waals surface area contributed by atoms with Crippen LogP contribution in [-0.4, -0.2) is 27.5 Å². The molecule has 0 radical (unpaired) electrons. The molecule has 7 heteroatoms. The van der Waals surface area contributed by atoms with Crippen molar-refractivity contribution in [3.63, 3.8) is 0 Å². The second-order valence-electron chi connectivity index (χ2n) is 5.37. The molecule has 1 aromatic heterocycles. The maximum absolute atomic E-state index is 12.4. The number of carboxylic acids is 1. The van der Waals surface area contributed by atoms with Crippen molar-refractivity contribution < 1.29 is 14.7 Å². The molecule has 1 aromatic rings. The zero-order valence-electron chi connectivity index (χ0n) is 11.5. The number of aromatic nitrogens is 1. The minimum absolute atomic E-state index is 0.0553. The molecule has 0 aliphatic heterocycles. The Morgan fingerprint density at radius 2 is 2.24 bits per heavy atom. The van der Waals surface area contributed by atoms with E-state index >= 15 is 0 Å². The number of carbonyl (C=O) groups excluding carboxylic acids is 1. The molecule has 1 amide bonds. The fraction of sp³-hybridized carbons (Fsp3) is 0.500. The first-order valence-electron chi connectivity index (χ1n) is 6.74. The Bertz CT molecular complexity index is 581. The molecule has 2 unspecified atom stereocenters. The summed E-state index contributed by atoms with van der Waals surface area (Å²) in [5, 5.41) is 12.3. The average Bonchev–Trinajstić information content (AvgIpc) is 2.43. The van der Waals surface area contributed by atoms with E-state index < -0.39 is 17.4 Å². The first-order valence-corrected chi connectivity index (χ1v) is 7.91. The second-order valence-corrected chi connectivity index (χ2v) is 6.64. The highest BCUT2D eigenvalue weighted by Gasteiger charge is 2.46. The van der Waals surface area contributed by atoms with Crippen LogP contribution in [0.3, 0.4) is 0 Å². The van der Waals surface area contributed by atoms with Gasteiger partial charge in [0.25, 0.3) is 5.91 Å². The van der Waals surface area contributed by atoms with Gasteiger partial charge in [-0.1, -0.05) is 31.4 Å². The summed E-state index contributed by atoms with van der Waals surface area (Å²) in [5.74, 6) is -1.64. The highest BCUT2D eigenvalue weighted by molar-refractivity contribution is 9.10.